The Morgan fingerprint density at radius 3 is 2.00 bits per heavy atom. The van der Waals surface area contributed by atoms with Gasteiger partial charge in [0.15, 0.2) is 11.6 Å². The molecule has 4 heteroatoms. The molecule has 0 heterocycles. The number of hydrogen-bond acceptors (Lipinski definition) is 0. The molecule has 0 spiro atoms. The molecule has 0 radical (unpaired) electrons. The van der Waals surface area contributed by atoms with Gasteiger partial charge in [-0.15, -0.1) is 0 Å². The van der Waals surface area contributed by atoms with Crippen molar-refractivity contribution in [3.05, 3.63) is 95.1 Å². The Hall–Kier alpha value is -2.62. The molecule has 31 heavy (non-hydrogen) atoms. The second kappa shape index (κ2) is 9.25. The lowest BCUT2D eigenvalue weighted by Gasteiger charge is -2.30. The maximum atomic E-state index is 14.8. The molecule has 1 atom stereocenters. The quantitative estimate of drug-likeness (QED) is 0.359. The molecule has 162 valence electrons. The van der Waals surface area contributed by atoms with Crippen LogP contribution in [0.25, 0.3) is 11.1 Å². The lowest BCUT2D eigenvalue weighted by atomic mass is 9.75. The summed E-state index contributed by atoms with van der Waals surface area (Å²) >= 11 is 0. The van der Waals surface area contributed by atoms with Crippen LogP contribution in [0.4, 0.5) is 17.6 Å². The molecule has 0 nitrogen and oxygen atoms in total. The fourth-order valence-electron chi connectivity index (χ4n) is 4.90. The highest BCUT2D eigenvalue weighted by Crippen LogP contribution is 2.41. The molecule has 3 aromatic carbocycles. The van der Waals surface area contributed by atoms with E-state index in [9.17, 15) is 17.6 Å². The third-order valence-corrected chi connectivity index (χ3v) is 6.65. The Kier molecular flexibility index (Phi) is 6.45. The molecule has 0 saturated heterocycles. The minimum absolute atomic E-state index is 0.000872. The van der Waals surface area contributed by atoms with E-state index in [0.29, 0.717) is 17.4 Å². The number of rotatable bonds is 5. The van der Waals surface area contributed by atoms with Crippen molar-refractivity contribution in [2.75, 3.05) is 0 Å². The van der Waals surface area contributed by atoms with Gasteiger partial charge in [-0.2, -0.15) is 0 Å². The van der Waals surface area contributed by atoms with Gasteiger partial charge >= 0.3 is 0 Å². The first kappa shape index (κ1) is 21.6. The van der Waals surface area contributed by atoms with Crippen LogP contribution in [0.15, 0.2) is 60.7 Å². The van der Waals surface area contributed by atoms with Crippen LogP contribution in [0.3, 0.4) is 0 Å². The minimum Gasteiger partial charge on any atom is -0.206 e. The molecule has 0 bridgehead atoms. The summed E-state index contributed by atoms with van der Waals surface area (Å²) in [6.07, 6.45) is 4.99. The molecule has 3 aromatic rings. The molecular formula is C27H26F4. The minimum atomic E-state index is -1.12. The SMILES string of the molecule is C[C@H](CC1CCC(c2cc(F)c(-c3ccc(F)c(F)c3)c(F)c2)CC1)c1ccccc1. The van der Waals surface area contributed by atoms with Crippen LogP contribution in [0, 0.1) is 29.2 Å². The molecule has 0 amide bonds. The van der Waals surface area contributed by atoms with Gasteiger partial charge in [-0.25, -0.2) is 17.6 Å². The van der Waals surface area contributed by atoms with Crippen molar-refractivity contribution in [2.45, 2.75) is 50.9 Å². The maximum Gasteiger partial charge on any atom is 0.159 e. The van der Waals surface area contributed by atoms with E-state index >= 15 is 0 Å². The second-order valence-electron chi connectivity index (χ2n) is 8.75. The summed E-state index contributed by atoms with van der Waals surface area (Å²) in [5.41, 5.74) is 1.68. The Labute approximate surface area is 180 Å². The molecule has 0 aromatic heterocycles. The highest BCUT2D eigenvalue weighted by molar-refractivity contribution is 5.65. The third-order valence-electron chi connectivity index (χ3n) is 6.65. The van der Waals surface area contributed by atoms with Crippen molar-refractivity contribution in [3.8, 4) is 11.1 Å². The predicted octanol–water partition coefficient (Wildman–Crippen LogP) is 8.38. The second-order valence-corrected chi connectivity index (χ2v) is 8.75. The molecule has 1 aliphatic carbocycles. The third kappa shape index (κ3) is 4.84. The van der Waals surface area contributed by atoms with Crippen molar-refractivity contribution in [3.63, 3.8) is 0 Å². The van der Waals surface area contributed by atoms with E-state index in [4.69, 9.17) is 0 Å². The molecule has 0 unspecified atom stereocenters. The van der Waals surface area contributed by atoms with Gasteiger partial charge < -0.3 is 0 Å². The Bertz CT molecular complexity index is 1010. The van der Waals surface area contributed by atoms with Crippen molar-refractivity contribution in [1.82, 2.24) is 0 Å². The van der Waals surface area contributed by atoms with Crippen LogP contribution in [0.5, 0.6) is 0 Å². The van der Waals surface area contributed by atoms with Crippen LogP contribution in [-0.4, -0.2) is 0 Å². The van der Waals surface area contributed by atoms with Gasteiger partial charge in [-0.3, -0.25) is 0 Å². The van der Waals surface area contributed by atoms with E-state index < -0.39 is 23.3 Å². The van der Waals surface area contributed by atoms with Crippen molar-refractivity contribution < 1.29 is 17.6 Å². The Morgan fingerprint density at radius 2 is 1.39 bits per heavy atom. The molecule has 1 aliphatic rings. The highest BCUT2D eigenvalue weighted by atomic mass is 19.2. The van der Waals surface area contributed by atoms with Gasteiger partial charge in [0.1, 0.15) is 11.6 Å². The van der Waals surface area contributed by atoms with Crippen molar-refractivity contribution in [2.24, 2.45) is 5.92 Å². The standard InChI is InChI=1S/C27H26F4/c1-17(19-5-3-2-4-6-19)13-18-7-9-20(10-8-18)22-15-25(30)27(26(31)16-22)21-11-12-23(28)24(29)14-21/h2-6,11-12,14-18,20H,7-10,13H2,1H3/t17-,18?,20?/m1/s1. The topological polar surface area (TPSA) is 0 Å². The number of benzene rings is 3. The fraction of sp³-hybridized carbons (Fsp3) is 0.333. The van der Waals surface area contributed by atoms with E-state index in [1.807, 2.05) is 6.07 Å². The van der Waals surface area contributed by atoms with E-state index in [1.54, 1.807) is 0 Å². The van der Waals surface area contributed by atoms with Crippen molar-refractivity contribution >= 4 is 0 Å². The largest absolute Gasteiger partial charge is 0.206 e. The average molecular weight is 426 g/mol. The number of hydrogen-bond donors (Lipinski definition) is 0. The molecule has 1 saturated carbocycles. The van der Waals surface area contributed by atoms with Gasteiger partial charge in [0.25, 0.3) is 0 Å². The van der Waals surface area contributed by atoms with Crippen LogP contribution >= 0.6 is 0 Å². The summed E-state index contributed by atoms with van der Waals surface area (Å²) in [6.45, 7) is 2.25. The first-order valence-electron chi connectivity index (χ1n) is 10.9. The maximum absolute atomic E-state index is 14.8. The first-order chi connectivity index (χ1) is 14.9. The lowest BCUT2D eigenvalue weighted by molar-refractivity contribution is 0.296. The van der Waals surface area contributed by atoms with Crippen LogP contribution < -0.4 is 0 Å². The van der Waals surface area contributed by atoms with Gasteiger partial charge in [0, 0.05) is 0 Å². The molecule has 4 rings (SSSR count). The lowest BCUT2D eigenvalue weighted by Crippen LogP contribution is -2.15. The molecular weight excluding hydrogens is 400 g/mol. The zero-order valence-corrected chi connectivity index (χ0v) is 17.6. The predicted molar refractivity (Wildman–Crippen MR) is 116 cm³/mol. The van der Waals surface area contributed by atoms with Crippen LogP contribution in [0.1, 0.15) is 62.0 Å². The van der Waals surface area contributed by atoms with E-state index in [-0.39, 0.29) is 17.0 Å². The first-order valence-corrected chi connectivity index (χ1v) is 10.9. The van der Waals surface area contributed by atoms with E-state index in [0.717, 1.165) is 44.2 Å². The van der Waals surface area contributed by atoms with E-state index in [2.05, 4.69) is 31.2 Å². The Balaban J connectivity index is 1.43. The number of halogens is 4. The smallest absolute Gasteiger partial charge is 0.159 e. The fourth-order valence-corrected chi connectivity index (χ4v) is 4.90. The van der Waals surface area contributed by atoms with Gasteiger partial charge in [-0.1, -0.05) is 43.3 Å². The summed E-state index contributed by atoms with van der Waals surface area (Å²) in [4.78, 5) is 0. The summed E-state index contributed by atoms with van der Waals surface area (Å²) in [5, 5.41) is 0. The van der Waals surface area contributed by atoms with Gasteiger partial charge in [0.2, 0.25) is 0 Å². The average Bonchev–Trinajstić information content (AvgIpc) is 2.77. The zero-order chi connectivity index (χ0) is 22.0. The van der Waals surface area contributed by atoms with Gasteiger partial charge in [0.05, 0.1) is 5.56 Å². The van der Waals surface area contributed by atoms with Crippen LogP contribution in [-0.2, 0) is 0 Å². The monoisotopic (exact) mass is 426 g/mol. The molecule has 1 fully saturated rings. The molecule has 0 aliphatic heterocycles. The van der Waals surface area contributed by atoms with Crippen LogP contribution in [0.2, 0.25) is 0 Å². The summed E-state index contributed by atoms with van der Waals surface area (Å²) < 4.78 is 56.2. The Morgan fingerprint density at radius 1 is 0.742 bits per heavy atom. The highest BCUT2D eigenvalue weighted by Gasteiger charge is 2.26. The van der Waals surface area contributed by atoms with E-state index in [1.165, 1.54) is 23.8 Å². The zero-order valence-electron chi connectivity index (χ0n) is 17.6. The van der Waals surface area contributed by atoms with Crippen molar-refractivity contribution in [1.29, 1.82) is 0 Å². The van der Waals surface area contributed by atoms with Gasteiger partial charge in [-0.05, 0) is 90.8 Å². The normalized spacial score (nSPS) is 19.9. The summed E-state index contributed by atoms with van der Waals surface area (Å²) in [6, 6.07) is 16.1. The summed E-state index contributed by atoms with van der Waals surface area (Å²) in [7, 11) is 0. The molecule has 0 N–H and O–H groups in total. The summed E-state index contributed by atoms with van der Waals surface area (Å²) in [5.74, 6) is -2.41.